The predicted octanol–water partition coefficient (Wildman–Crippen LogP) is -0.902. The molecule has 2 rings (SSSR count). The van der Waals surface area contributed by atoms with Gasteiger partial charge in [-0.25, -0.2) is 5.84 Å². The highest BCUT2D eigenvalue weighted by molar-refractivity contribution is 5.89. The van der Waals surface area contributed by atoms with E-state index >= 15 is 0 Å². The minimum absolute atomic E-state index is 0.0313. The molecule has 0 radical (unpaired) electrons. The van der Waals surface area contributed by atoms with Gasteiger partial charge < -0.3 is 9.84 Å². The van der Waals surface area contributed by atoms with E-state index in [4.69, 9.17) is 10.4 Å². The summed E-state index contributed by atoms with van der Waals surface area (Å²) in [7, 11) is 0. The second kappa shape index (κ2) is 3.72. The van der Waals surface area contributed by atoms with Gasteiger partial charge in [0.2, 0.25) is 5.89 Å². The van der Waals surface area contributed by atoms with Gasteiger partial charge in [0, 0.05) is 0 Å². The van der Waals surface area contributed by atoms with E-state index in [1.54, 1.807) is 0 Å². The maximum absolute atomic E-state index is 11.0. The topological polar surface area (TPSA) is 106 Å². The molecule has 2 heterocycles. The monoisotopic (exact) mass is 197 g/mol. The molecule has 7 heteroatoms. The molecule has 14 heavy (non-hydrogen) atoms. The van der Waals surface area contributed by atoms with Gasteiger partial charge in [-0.2, -0.15) is 4.98 Å². The Hall–Kier alpha value is -1.47. The fourth-order valence-corrected chi connectivity index (χ4v) is 1.43. The van der Waals surface area contributed by atoms with Crippen molar-refractivity contribution in [2.45, 2.75) is 18.9 Å². The molecular formula is C7H11N5O2. The van der Waals surface area contributed by atoms with Gasteiger partial charge in [0.1, 0.15) is 0 Å². The minimum Gasteiger partial charge on any atom is -0.337 e. The maximum atomic E-state index is 11.0. The van der Waals surface area contributed by atoms with E-state index in [1.165, 1.54) is 0 Å². The Morgan fingerprint density at radius 2 is 2.57 bits per heavy atom. The van der Waals surface area contributed by atoms with Gasteiger partial charge in [0.25, 0.3) is 5.82 Å². The van der Waals surface area contributed by atoms with Crippen molar-refractivity contribution >= 4 is 5.91 Å². The van der Waals surface area contributed by atoms with Gasteiger partial charge in [-0.05, 0) is 19.4 Å². The number of rotatable bonds is 2. The Balaban J connectivity index is 2.12. The lowest BCUT2D eigenvalue weighted by molar-refractivity contribution is 0.0940. The van der Waals surface area contributed by atoms with Crippen LogP contribution < -0.4 is 16.6 Å². The van der Waals surface area contributed by atoms with E-state index in [2.05, 4.69) is 15.5 Å². The standard InChI is InChI=1S/C7H11N5O2/c8-11-6(13)5-10-7(14-12-5)4-2-1-3-9-4/h4,9H,1-3,8H2,(H,11,13). The van der Waals surface area contributed by atoms with Gasteiger partial charge in [0.15, 0.2) is 0 Å². The van der Waals surface area contributed by atoms with Crippen molar-refractivity contribution in [3.05, 3.63) is 11.7 Å². The molecule has 1 amide bonds. The molecule has 1 aromatic rings. The number of aromatic nitrogens is 2. The third-order valence-electron chi connectivity index (χ3n) is 2.13. The van der Waals surface area contributed by atoms with E-state index in [0.29, 0.717) is 5.89 Å². The zero-order valence-electron chi connectivity index (χ0n) is 7.49. The number of hydrogen-bond acceptors (Lipinski definition) is 6. The highest BCUT2D eigenvalue weighted by Gasteiger charge is 2.23. The van der Waals surface area contributed by atoms with Crippen LogP contribution in [0.4, 0.5) is 0 Å². The van der Waals surface area contributed by atoms with Crippen molar-refractivity contribution in [3.8, 4) is 0 Å². The zero-order chi connectivity index (χ0) is 9.97. The Bertz CT molecular complexity index is 331. The lowest BCUT2D eigenvalue weighted by Gasteiger charge is -2.01. The normalized spacial score (nSPS) is 21.1. The lowest BCUT2D eigenvalue weighted by atomic mass is 10.2. The van der Waals surface area contributed by atoms with Crippen molar-refractivity contribution < 1.29 is 9.32 Å². The Morgan fingerprint density at radius 1 is 1.71 bits per heavy atom. The van der Waals surface area contributed by atoms with Crippen LogP contribution in [0.1, 0.15) is 35.4 Å². The molecule has 1 atom stereocenters. The van der Waals surface area contributed by atoms with Crippen molar-refractivity contribution in [1.29, 1.82) is 0 Å². The molecule has 0 spiro atoms. The number of carbonyl (C=O) groups excluding carboxylic acids is 1. The number of amides is 1. The first-order chi connectivity index (χ1) is 6.81. The van der Waals surface area contributed by atoms with Crippen LogP contribution >= 0.6 is 0 Å². The van der Waals surface area contributed by atoms with Crippen molar-refractivity contribution in [1.82, 2.24) is 20.9 Å². The minimum atomic E-state index is -0.544. The molecule has 1 fully saturated rings. The summed E-state index contributed by atoms with van der Waals surface area (Å²) >= 11 is 0. The van der Waals surface area contributed by atoms with Crippen molar-refractivity contribution in [3.63, 3.8) is 0 Å². The largest absolute Gasteiger partial charge is 0.337 e. The van der Waals surface area contributed by atoms with Crippen molar-refractivity contribution in [2.75, 3.05) is 6.54 Å². The number of hydrazine groups is 1. The fraction of sp³-hybridized carbons (Fsp3) is 0.571. The Kier molecular flexibility index (Phi) is 2.42. The van der Waals surface area contributed by atoms with E-state index in [1.807, 2.05) is 5.43 Å². The first-order valence-electron chi connectivity index (χ1n) is 4.39. The molecular weight excluding hydrogens is 186 g/mol. The van der Waals surface area contributed by atoms with Crippen LogP contribution in [-0.4, -0.2) is 22.6 Å². The number of nitrogens with two attached hydrogens (primary N) is 1. The molecule has 1 aliphatic heterocycles. The summed E-state index contributed by atoms with van der Waals surface area (Å²) < 4.78 is 4.93. The predicted molar refractivity (Wildman–Crippen MR) is 45.9 cm³/mol. The Labute approximate surface area is 80.0 Å². The van der Waals surface area contributed by atoms with E-state index < -0.39 is 5.91 Å². The molecule has 0 bridgehead atoms. The molecule has 1 unspecified atom stereocenters. The van der Waals surface area contributed by atoms with Gasteiger partial charge in [-0.3, -0.25) is 10.2 Å². The molecule has 7 nitrogen and oxygen atoms in total. The Morgan fingerprint density at radius 3 is 3.21 bits per heavy atom. The maximum Gasteiger partial charge on any atom is 0.306 e. The molecule has 1 aromatic heterocycles. The second-order valence-corrected chi connectivity index (χ2v) is 3.08. The third-order valence-corrected chi connectivity index (χ3v) is 2.13. The molecule has 76 valence electrons. The summed E-state index contributed by atoms with van der Waals surface area (Å²) in [5, 5.41) is 6.70. The number of nitrogens with one attached hydrogen (secondary N) is 2. The average molecular weight is 197 g/mol. The van der Waals surface area contributed by atoms with Gasteiger partial charge in [0.05, 0.1) is 6.04 Å². The second-order valence-electron chi connectivity index (χ2n) is 3.08. The van der Waals surface area contributed by atoms with Crippen molar-refractivity contribution in [2.24, 2.45) is 5.84 Å². The highest BCUT2D eigenvalue weighted by Crippen LogP contribution is 2.20. The summed E-state index contributed by atoms with van der Waals surface area (Å²) in [4.78, 5) is 14.9. The number of carbonyl (C=O) groups is 1. The third kappa shape index (κ3) is 1.59. The molecule has 4 N–H and O–H groups in total. The van der Waals surface area contributed by atoms with Crippen LogP contribution in [0.5, 0.6) is 0 Å². The summed E-state index contributed by atoms with van der Waals surface area (Å²) in [6.45, 7) is 0.936. The molecule has 1 aliphatic rings. The molecule has 0 aliphatic carbocycles. The van der Waals surface area contributed by atoms with Crippen LogP contribution in [0.15, 0.2) is 4.52 Å². The van der Waals surface area contributed by atoms with E-state index in [0.717, 1.165) is 19.4 Å². The summed E-state index contributed by atoms with van der Waals surface area (Å²) in [5.74, 6) is 4.80. The smallest absolute Gasteiger partial charge is 0.306 e. The van der Waals surface area contributed by atoms with E-state index in [-0.39, 0.29) is 11.9 Å². The molecule has 1 saturated heterocycles. The SMILES string of the molecule is NNC(=O)c1noc(C2CCCN2)n1. The summed E-state index contributed by atoms with van der Waals surface area (Å²) in [6, 6.07) is 0.0711. The lowest BCUT2D eigenvalue weighted by Crippen LogP contribution is -2.30. The van der Waals surface area contributed by atoms with Crippen LogP contribution in [0.3, 0.4) is 0 Å². The zero-order valence-corrected chi connectivity index (χ0v) is 7.49. The van der Waals surface area contributed by atoms with E-state index in [9.17, 15) is 4.79 Å². The first-order valence-corrected chi connectivity index (χ1v) is 4.39. The number of nitrogen functional groups attached to an aromatic ring is 1. The van der Waals surface area contributed by atoms with Crippen LogP contribution in [0.25, 0.3) is 0 Å². The summed E-state index contributed by atoms with van der Waals surface area (Å²) in [6.07, 6.45) is 2.03. The number of hydrogen-bond donors (Lipinski definition) is 3. The van der Waals surface area contributed by atoms with Gasteiger partial charge in [-0.15, -0.1) is 0 Å². The molecule has 0 saturated carbocycles. The van der Waals surface area contributed by atoms with Crippen LogP contribution in [-0.2, 0) is 0 Å². The average Bonchev–Trinajstić information content (AvgIpc) is 2.86. The number of nitrogens with zero attached hydrogens (tertiary/aromatic N) is 2. The molecule has 0 aromatic carbocycles. The fourth-order valence-electron chi connectivity index (χ4n) is 1.43. The van der Waals surface area contributed by atoms with Crippen LogP contribution in [0, 0.1) is 0 Å². The van der Waals surface area contributed by atoms with Gasteiger partial charge in [-0.1, -0.05) is 5.16 Å². The van der Waals surface area contributed by atoms with Gasteiger partial charge >= 0.3 is 5.91 Å². The first kappa shape index (κ1) is 9.10. The van der Waals surface area contributed by atoms with Crippen LogP contribution in [0.2, 0.25) is 0 Å². The quantitative estimate of drug-likeness (QED) is 0.322. The summed E-state index contributed by atoms with van der Waals surface area (Å²) in [5.41, 5.74) is 1.94. The highest BCUT2D eigenvalue weighted by atomic mass is 16.5.